The molecule has 0 aliphatic carbocycles. The Kier molecular flexibility index (Phi) is 4.56. The van der Waals surface area contributed by atoms with E-state index in [1.807, 2.05) is 47.8 Å². The van der Waals surface area contributed by atoms with Crippen molar-refractivity contribution in [3.8, 4) is 5.75 Å². The van der Waals surface area contributed by atoms with Crippen LogP contribution in [-0.4, -0.2) is 23.3 Å². The summed E-state index contributed by atoms with van der Waals surface area (Å²) in [6, 6.07) is 16.6. The number of ketones is 1. The lowest BCUT2D eigenvalue weighted by Crippen LogP contribution is -2.22. The first-order valence-electron chi connectivity index (χ1n) is 8.42. The largest absolute Gasteiger partial charge is 0.488 e. The van der Waals surface area contributed by atoms with Crippen molar-refractivity contribution in [1.29, 1.82) is 0 Å². The molecule has 3 aromatic rings. The highest BCUT2D eigenvalue weighted by Gasteiger charge is 2.23. The Labute approximate surface area is 160 Å². The Hall–Kier alpha value is -3.25. The normalized spacial score (nSPS) is 14.6. The number of benzene rings is 2. The molecular formula is C21H16N2O3S. The van der Waals surface area contributed by atoms with Gasteiger partial charge in [0.05, 0.1) is 16.9 Å². The number of anilines is 2. The lowest BCUT2D eigenvalue weighted by Gasteiger charge is -2.18. The number of thiazole rings is 1. The number of rotatable bonds is 3. The molecule has 2 aromatic carbocycles. The quantitative estimate of drug-likeness (QED) is 0.632. The van der Waals surface area contributed by atoms with Gasteiger partial charge in [0.2, 0.25) is 5.91 Å². The summed E-state index contributed by atoms with van der Waals surface area (Å²) in [5, 5.41) is 2.39. The van der Waals surface area contributed by atoms with Crippen LogP contribution in [0.4, 0.5) is 10.8 Å². The van der Waals surface area contributed by atoms with Gasteiger partial charge in [0.1, 0.15) is 12.4 Å². The molecule has 1 aromatic heterocycles. The number of Topliss-reactive ketones (excluding diaryl/α,β-unsaturated/α-hetero) is 1. The molecule has 2 heterocycles. The Morgan fingerprint density at radius 3 is 2.67 bits per heavy atom. The molecular weight excluding hydrogens is 360 g/mol. The first kappa shape index (κ1) is 17.2. The standard InChI is InChI=1S/C21H16N2O3S/c1-14(24)23(17-7-3-2-4-8-17)21-22-16(13-27-21)11-15-12-26-19-10-6-5-9-18(19)20(15)25/h2-11,13H,12H2,1H3. The smallest absolute Gasteiger partial charge is 0.230 e. The molecule has 4 rings (SSSR count). The summed E-state index contributed by atoms with van der Waals surface area (Å²) in [4.78, 5) is 30.9. The minimum Gasteiger partial charge on any atom is -0.488 e. The van der Waals surface area contributed by atoms with Crippen LogP contribution in [0.1, 0.15) is 23.0 Å². The SMILES string of the molecule is CC(=O)N(c1ccccc1)c1nc(C=C2COc3ccccc3C2=O)cs1. The summed E-state index contributed by atoms with van der Waals surface area (Å²) < 4.78 is 5.66. The van der Waals surface area contributed by atoms with E-state index in [9.17, 15) is 9.59 Å². The Balaban J connectivity index is 1.64. The zero-order valence-corrected chi connectivity index (χ0v) is 15.4. The number of aromatic nitrogens is 1. The van der Waals surface area contributed by atoms with Crippen molar-refractivity contribution in [2.24, 2.45) is 0 Å². The lowest BCUT2D eigenvalue weighted by molar-refractivity contribution is -0.115. The molecule has 27 heavy (non-hydrogen) atoms. The van der Waals surface area contributed by atoms with E-state index < -0.39 is 0 Å². The van der Waals surface area contributed by atoms with Gasteiger partial charge < -0.3 is 4.74 Å². The maximum Gasteiger partial charge on any atom is 0.230 e. The van der Waals surface area contributed by atoms with Gasteiger partial charge in [0, 0.05) is 17.9 Å². The summed E-state index contributed by atoms with van der Waals surface area (Å²) in [6.07, 6.45) is 1.72. The van der Waals surface area contributed by atoms with Crippen LogP contribution in [-0.2, 0) is 4.79 Å². The summed E-state index contributed by atoms with van der Waals surface area (Å²) >= 11 is 1.35. The molecule has 0 radical (unpaired) electrons. The number of carbonyl (C=O) groups is 2. The van der Waals surface area contributed by atoms with Gasteiger partial charge in [-0.3, -0.25) is 14.5 Å². The number of hydrogen-bond donors (Lipinski definition) is 0. The van der Waals surface area contributed by atoms with Gasteiger partial charge in [-0.2, -0.15) is 0 Å². The molecule has 0 saturated heterocycles. The van der Waals surface area contributed by atoms with Gasteiger partial charge in [-0.15, -0.1) is 11.3 Å². The van der Waals surface area contributed by atoms with Crippen molar-refractivity contribution in [2.45, 2.75) is 6.92 Å². The zero-order chi connectivity index (χ0) is 18.8. The van der Waals surface area contributed by atoms with Crippen molar-refractivity contribution < 1.29 is 14.3 Å². The maximum absolute atomic E-state index is 12.7. The van der Waals surface area contributed by atoms with E-state index in [1.165, 1.54) is 18.3 Å². The van der Waals surface area contributed by atoms with E-state index in [4.69, 9.17) is 4.74 Å². The molecule has 1 aliphatic heterocycles. The molecule has 0 atom stereocenters. The second kappa shape index (κ2) is 7.17. The van der Waals surface area contributed by atoms with E-state index in [-0.39, 0.29) is 18.3 Å². The van der Waals surface area contributed by atoms with Crippen molar-refractivity contribution >= 4 is 39.9 Å². The van der Waals surface area contributed by atoms with Crippen LogP contribution < -0.4 is 9.64 Å². The average molecular weight is 376 g/mol. The number of fused-ring (bicyclic) bond motifs is 1. The summed E-state index contributed by atoms with van der Waals surface area (Å²) in [6.45, 7) is 1.71. The van der Waals surface area contributed by atoms with E-state index in [1.54, 1.807) is 23.1 Å². The van der Waals surface area contributed by atoms with Gasteiger partial charge in [0.25, 0.3) is 0 Å². The highest BCUT2D eigenvalue weighted by Crippen LogP contribution is 2.31. The lowest BCUT2D eigenvalue weighted by atomic mass is 10.00. The van der Waals surface area contributed by atoms with Crippen LogP contribution in [0.25, 0.3) is 6.08 Å². The number of amides is 1. The van der Waals surface area contributed by atoms with E-state index in [0.29, 0.717) is 27.7 Å². The molecule has 134 valence electrons. The molecule has 0 unspecified atom stereocenters. The Bertz CT molecular complexity index is 1040. The second-order valence-corrected chi connectivity index (χ2v) is 6.87. The minimum absolute atomic E-state index is 0.0575. The third-order valence-electron chi connectivity index (χ3n) is 4.16. The van der Waals surface area contributed by atoms with Crippen LogP contribution in [0.5, 0.6) is 5.75 Å². The van der Waals surface area contributed by atoms with Gasteiger partial charge >= 0.3 is 0 Å². The average Bonchev–Trinajstić information content (AvgIpc) is 3.13. The topological polar surface area (TPSA) is 59.5 Å². The van der Waals surface area contributed by atoms with Crippen LogP contribution in [0, 0.1) is 0 Å². The first-order valence-corrected chi connectivity index (χ1v) is 9.30. The van der Waals surface area contributed by atoms with Gasteiger partial charge in [0.15, 0.2) is 10.9 Å². The van der Waals surface area contributed by atoms with Crippen LogP contribution >= 0.6 is 11.3 Å². The van der Waals surface area contributed by atoms with Crippen molar-refractivity contribution in [3.05, 3.63) is 76.8 Å². The van der Waals surface area contributed by atoms with Crippen LogP contribution in [0.2, 0.25) is 0 Å². The molecule has 0 N–H and O–H groups in total. The fraction of sp³-hybridized carbons (Fsp3) is 0.0952. The number of para-hydroxylation sites is 2. The van der Waals surface area contributed by atoms with Crippen molar-refractivity contribution in [1.82, 2.24) is 4.98 Å². The van der Waals surface area contributed by atoms with E-state index in [0.717, 1.165) is 5.69 Å². The van der Waals surface area contributed by atoms with Crippen LogP contribution in [0.15, 0.2) is 65.6 Å². The third kappa shape index (κ3) is 3.39. The van der Waals surface area contributed by atoms with Crippen molar-refractivity contribution in [2.75, 3.05) is 11.5 Å². The highest BCUT2D eigenvalue weighted by molar-refractivity contribution is 7.14. The Morgan fingerprint density at radius 1 is 1.15 bits per heavy atom. The maximum atomic E-state index is 12.7. The molecule has 0 saturated carbocycles. The zero-order valence-electron chi connectivity index (χ0n) is 14.6. The number of hydrogen-bond acceptors (Lipinski definition) is 5. The first-order chi connectivity index (χ1) is 13.1. The molecule has 0 spiro atoms. The number of carbonyl (C=O) groups excluding carboxylic acids is 2. The second-order valence-electron chi connectivity index (χ2n) is 6.03. The molecule has 1 amide bonds. The molecule has 0 bridgehead atoms. The van der Waals surface area contributed by atoms with E-state index in [2.05, 4.69) is 4.98 Å². The molecule has 0 fully saturated rings. The molecule has 1 aliphatic rings. The number of nitrogens with zero attached hydrogens (tertiary/aromatic N) is 2. The fourth-order valence-corrected chi connectivity index (χ4v) is 3.75. The third-order valence-corrected chi connectivity index (χ3v) is 5.00. The predicted molar refractivity (Wildman–Crippen MR) is 106 cm³/mol. The van der Waals surface area contributed by atoms with Crippen LogP contribution in [0.3, 0.4) is 0 Å². The fourth-order valence-electron chi connectivity index (χ4n) is 2.91. The summed E-state index contributed by atoms with van der Waals surface area (Å²) in [5.74, 6) is 0.420. The van der Waals surface area contributed by atoms with Gasteiger partial charge in [-0.25, -0.2) is 4.98 Å². The Morgan fingerprint density at radius 2 is 1.89 bits per heavy atom. The molecule has 5 nitrogen and oxygen atoms in total. The van der Waals surface area contributed by atoms with Crippen molar-refractivity contribution in [3.63, 3.8) is 0 Å². The minimum atomic E-state index is -0.124. The highest BCUT2D eigenvalue weighted by atomic mass is 32.1. The predicted octanol–water partition coefficient (Wildman–Crippen LogP) is 4.49. The van der Waals surface area contributed by atoms with E-state index >= 15 is 0 Å². The van der Waals surface area contributed by atoms with Gasteiger partial charge in [-0.05, 0) is 30.3 Å². The monoisotopic (exact) mass is 376 g/mol. The van der Waals surface area contributed by atoms with Gasteiger partial charge in [-0.1, -0.05) is 30.3 Å². The summed E-state index contributed by atoms with van der Waals surface area (Å²) in [7, 11) is 0. The molecule has 6 heteroatoms. The summed E-state index contributed by atoms with van der Waals surface area (Å²) in [5.41, 5.74) is 2.48. The number of ether oxygens (including phenoxy) is 1.